The van der Waals surface area contributed by atoms with Crippen molar-refractivity contribution in [2.45, 2.75) is 0 Å². The van der Waals surface area contributed by atoms with Gasteiger partial charge in [-0.25, -0.2) is 0 Å². The molecule has 0 N–H and O–H groups in total. The Labute approximate surface area is 154 Å². The predicted octanol–water partition coefficient (Wildman–Crippen LogP) is 4.94. The lowest BCUT2D eigenvalue weighted by Gasteiger charge is -2.28. The lowest BCUT2D eigenvalue weighted by Crippen LogP contribution is -2.36. The molecule has 0 saturated carbocycles. The molecule has 1 aliphatic rings. The van der Waals surface area contributed by atoms with Crippen molar-refractivity contribution in [1.82, 2.24) is 0 Å². The van der Waals surface area contributed by atoms with Crippen molar-refractivity contribution in [3.05, 3.63) is 84.4 Å². The van der Waals surface area contributed by atoms with Gasteiger partial charge in [-0.05, 0) is 41.0 Å². The molecule has 0 unspecified atom stereocenters. The average molecular weight is 342 g/mol. The molecular weight excluding hydrogens is 320 g/mol. The minimum absolute atomic E-state index is 0.804. The highest BCUT2D eigenvalue weighted by Crippen LogP contribution is 2.22. The van der Waals surface area contributed by atoms with E-state index in [0.29, 0.717) is 0 Å². The molecule has 130 valence electrons. The summed E-state index contributed by atoms with van der Waals surface area (Å²) in [6.07, 6.45) is 1.92. The number of benzene rings is 3. The standard InChI is InChI=1S/C23H22N2O/c1-2-4-20(5-3-1)21-8-6-19(7-9-21)18-24-22-10-12-23(13-11-22)25-14-16-26-17-15-25/h1-13,18H,14-17H2. The van der Waals surface area contributed by atoms with Crippen molar-refractivity contribution in [2.24, 2.45) is 4.99 Å². The number of morpholine rings is 1. The number of aliphatic imine (C=N–C) groups is 1. The van der Waals surface area contributed by atoms with Gasteiger partial charge in [0.25, 0.3) is 0 Å². The number of nitrogens with zero attached hydrogens (tertiary/aromatic N) is 2. The van der Waals surface area contributed by atoms with Crippen LogP contribution < -0.4 is 4.90 Å². The third-order valence-corrected chi connectivity index (χ3v) is 4.61. The molecule has 1 fully saturated rings. The summed E-state index contributed by atoms with van der Waals surface area (Å²) in [4.78, 5) is 6.94. The summed E-state index contributed by atoms with van der Waals surface area (Å²) in [5.74, 6) is 0. The third kappa shape index (κ3) is 4.01. The lowest BCUT2D eigenvalue weighted by molar-refractivity contribution is 0.122. The van der Waals surface area contributed by atoms with Crippen molar-refractivity contribution in [1.29, 1.82) is 0 Å². The summed E-state index contributed by atoms with van der Waals surface area (Å²) in [5, 5.41) is 0. The van der Waals surface area contributed by atoms with Gasteiger partial charge in [0.2, 0.25) is 0 Å². The number of hydrogen-bond donors (Lipinski definition) is 0. The Bertz CT molecular complexity index is 849. The van der Waals surface area contributed by atoms with Gasteiger partial charge in [0.15, 0.2) is 0 Å². The van der Waals surface area contributed by atoms with E-state index in [-0.39, 0.29) is 0 Å². The van der Waals surface area contributed by atoms with Gasteiger partial charge in [0.1, 0.15) is 0 Å². The van der Waals surface area contributed by atoms with Crippen LogP contribution in [0.3, 0.4) is 0 Å². The smallest absolute Gasteiger partial charge is 0.0642 e. The first-order valence-electron chi connectivity index (χ1n) is 9.01. The fourth-order valence-electron chi connectivity index (χ4n) is 3.11. The summed E-state index contributed by atoms with van der Waals surface area (Å²) >= 11 is 0. The second kappa shape index (κ2) is 7.98. The second-order valence-electron chi connectivity index (χ2n) is 6.36. The Morgan fingerprint density at radius 2 is 1.38 bits per heavy atom. The number of anilines is 1. The molecule has 3 aromatic carbocycles. The molecule has 3 aromatic rings. The van der Waals surface area contributed by atoms with Gasteiger partial charge < -0.3 is 9.64 Å². The maximum atomic E-state index is 5.40. The van der Waals surface area contributed by atoms with Crippen molar-refractivity contribution >= 4 is 17.6 Å². The molecule has 0 atom stereocenters. The molecule has 0 radical (unpaired) electrons. The summed E-state index contributed by atoms with van der Waals surface area (Å²) < 4.78 is 5.40. The van der Waals surface area contributed by atoms with E-state index < -0.39 is 0 Å². The molecule has 0 amide bonds. The maximum Gasteiger partial charge on any atom is 0.0642 e. The van der Waals surface area contributed by atoms with Gasteiger partial charge >= 0.3 is 0 Å². The van der Waals surface area contributed by atoms with Gasteiger partial charge in [-0.2, -0.15) is 0 Å². The number of hydrogen-bond acceptors (Lipinski definition) is 3. The van der Waals surface area contributed by atoms with E-state index in [1.807, 2.05) is 12.3 Å². The van der Waals surface area contributed by atoms with Crippen LogP contribution in [0.5, 0.6) is 0 Å². The Morgan fingerprint density at radius 3 is 2.08 bits per heavy atom. The average Bonchev–Trinajstić information content (AvgIpc) is 2.74. The van der Waals surface area contributed by atoms with Gasteiger partial charge in [-0.1, -0.05) is 54.6 Å². The van der Waals surface area contributed by atoms with Crippen molar-refractivity contribution in [3.63, 3.8) is 0 Å². The SMILES string of the molecule is C(=Nc1ccc(N2CCOCC2)cc1)c1ccc(-c2ccccc2)cc1. The van der Waals surface area contributed by atoms with Crippen LogP contribution in [0.15, 0.2) is 83.9 Å². The van der Waals surface area contributed by atoms with Crippen molar-refractivity contribution < 1.29 is 4.74 Å². The zero-order valence-corrected chi connectivity index (χ0v) is 14.7. The van der Waals surface area contributed by atoms with Gasteiger partial charge in [0.05, 0.1) is 18.9 Å². The molecule has 1 saturated heterocycles. The Balaban J connectivity index is 1.42. The first kappa shape index (κ1) is 16.6. The first-order valence-corrected chi connectivity index (χ1v) is 9.01. The zero-order chi connectivity index (χ0) is 17.6. The quantitative estimate of drug-likeness (QED) is 0.627. The molecule has 0 bridgehead atoms. The van der Waals surface area contributed by atoms with Crippen LogP contribution in [0.2, 0.25) is 0 Å². The topological polar surface area (TPSA) is 24.8 Å². The molecule has 3 nitrogen and oxygen atoms in total. The molecular formula is C23H22N2O. The normalized spacial score (nSPS) is 14.7. The van der Waals surface area contributed by atoms with E-state index in [0.717, 1.165) is 37.6 Å². The van der Waals surface area contributed by atoms with E-state index in [1.165, 1.54) is 16.8 Å². The van der Waals surface area contributed by atoms with Crippen LogP contribution in [0.1, 0.15) is 5.56 Å². The largest absolute Gasteiger partial charge is 0.378 e. The molecule has 1 heterocycles. The van der Waals surface area contributed by atoms with Crippen LogP contribution in [0.4, 0.5) is 11.4 Å². The van der Waals surface area contributed by atoms with Crippen molar-refractivity contribution in [3.8, 4) is 11.1 Å². The number of rotatable bonds is 4. The molecule has 0 aromatic heterocycles. The van der Waals surface area contributed by atoms with Gasteiger partial charge in [0, 0.05) is 25.0 Å². The van der Waals surface area contributed by atoms with Crippen molar-refractivity contribution in [2.75, 3.05) is 31.2 Å². The maximum absolute atomic E-state index is 5.40. The molecule has 0 aliphatic carbocycles. The van der Waals surface area contributed by atoms with Crippen LogP contribution >= 0.6 is 0 Å². The Kier molecular flexibility index (Phi) is 5.08. The molecule has 4 rings (SSSR count). The van der Waals surface area contributed by atoms with Crippen LogP contribution in [-0.4, -0.2) is 32.5 Å². The van der Waals surface area contributed by atoms with Gasteiger partial charge in [-0.3, -0.25) is 4.99 Å². The van der Waals surface area contributed by atoms with E-state index in [1.54, 1.807) is 0 Å². The lowest BCUT2D eigenvalue weighted by atomic mass is 10.0. The number of ether oxygens (including phenoxy) is 1. The highest BCUT2D eigenvalue weighted by molar-refractivity contribution is 5.83. The summed E-state index contributed by atoms with van der Waals surface area (Å²) in [5.41, 5.74) is 5.75. The summed E-state index contributed by atoms with van der Waals surface area (Å²) in [6, 6.07) is 27.3. The highest BCUT2D eigenvalue weighted by Gasteiger charge is 2.10. The third-order valence-electron chi connectivity index (χ3n) is 4.61. The predicted molar refractivity (Wildman–Crippen MR) is 109 cm³/mol. The Morgan fingerprint density at radius 1 is 0.731 bits per heavy atom. The molecule has 1 aliphatic heterocycles. The monoisotopic (exact) mass is 342 g/mol. The fraction of sp³-hybridized carbons (Fsp3) is 0.174. The summed E-state index contributed by atoms with van der Waals surface area (Å²) in [6.45, 7) is 3.52. The van der Waals surface area contributed by atoms with Crippen LogP contribution in [-0.2, 0) is 4.74 Å². The minimum atomic E-state index is 0.804. The van der Waals surface area contributed by atoms with E-state index >= 15 is 0 Å². The zero-order valence-electron chi connectivity index (χ0n) is 14.7. The molecule has 0 spiro atoms. The highest BCUT2D eigenvalue weighted by atomic mass is 16.5. The van der Waals surface area contributed by atoms with Gasteiger partial charge in [-0.15, -0.1) is 0 Å². The van der Waals surface area contributed by atoms with E-state index in [9.17, 15) is 0 Å². The first-order chi connectivity index (χ1) is 12.9. The Hall–Kier alpha value is -2.91. The minimum Gasteiger partial charge on any atom is -0.378 e. The molecule has 26 heavy (non-hydrogen) atoms. The molecule has 3 heteroatoms. The van der Waals surface area contributed by atoms with E-state index in [2.05, 4.69) is 82.7 Å². The van der Waals surface area contributed by atoms with Crippen LogP contribution in [0, 0.1) is 0 Å². The second-order valence-corrected chi connectivity index (χ2v) is 6.36. The summed E-state index contributed by atoms with van der Waals surface area (Å²) in [7, 11) is 0. The van der Waals surface area contributed by atoms with E-state index in [4.69, 9.17) is 4.74 Å². The fourth-order valence-corrected chi connectivity index (χ4v) is 3.11. The van der Waals surface area contributed by atoms with Crippen LogP contribution in [0.25, 0.3) is 11.1 Å².